The molecule has 3 atom stereocenters. The van der Waals surface area contributed by atoms with Crippen LogP contribution in [-0.2, 0) is 45.3 Å². The Hall–Kier alpha value is -6.96. The first-order chi connectivity index (χ1) is 37.6. The average Bonchev–Trinajstić information content (AvgIpc) is 3.53. The lowest BCUT2D eigenvalue weighted by atomic mass is 9.55. The molecule has 8 N–H and O–H groups in total. The number of carbonyl (C=O) groups excluding carboxylic acids is 6. The molecule has 0 aliphatic carbocycles. The highest BCUT2D eigenvalue weighted by Crippen LogP contribution is 2.53. The molecular weight excluding hydrogens is 1030 g/mol. The fourth-order valence-corrected chi connectivity index (χ4v) is 10.4. The van der Waals surface area contributed by atoms with Gasteiger partial charge in [0.25, 0.3) is 5.91 Å². The van der Waals surface area contributed by atoms with Gasteiger partial charge in [-0.15, -0.1) is 0 Å². The van der Waals surface area contributed by atoms with Crippen LogP contribution in [0.15, 0.2) is 115 Å². The van der Waals surface area contributed by atoms with Gasteiger partial charge in [0, 0.05) is 25.3 Å². The standard InChI is InChI=1S/C60H81N7O11S/c1-57(2,3)77-55(74)66-35-31-42(32-36-66)20-16-19-37-76-47-29-27-43(28-30-47)38-48(53(71)72)65-54(73)59(33-17-18-34-61,60(44-21-10-7-11-22-44,45-23-12-8-13-24-45)46-25-14-9-15-26-46)67(56(75)78-58(4,5)6)52(70)49(41-79)64-51(69)40-63-50(68)39-62/h7-15,21-30,42,48-49,79H,16-20,31-41,61-62H2,1-6H3,(H,63,68)(H,64,69)(H,65,73)(H,71,72)/t48-,49?,59+/m0/s1. The number of aliphatic carboxylic acids is 1. The Kier molecular flexibility index (Phi) is 23.3. The second kappa shape index (κ2) is 29.3. The number of nitrogens with one attached hydrogen (secondary N) is 3. The van der Waals surface area contributed by atoms with Crippen LogP contribution in [0.25, 0.3) is 0 Å². The third-order valence-electron chi connectivity index (χ3n) is 13.7. The number of carbonyl (C=O) groups is 7. The average molecular weight is 1110 g/mol. The maximum Gasteiger partial charge on any atom is 0.418 e. The van der Waals surface area contributed by atoms with Crippen LogP contribution in [0, 0.1) is 5.92 Å². The van der Waals surface area contributed by atoms with Gasteiger partial charge in [0.2, 0.25) is 17.7 Å². The third-order valence-corrected chi connectivity index (χ3v) is 14.1. The predicted octanol–water partition coefficient (Wildman–Crippen LogP) is 7.15. The zero-order valence-electron chi connectivity index (χ0n) is 46.5. The fraction of sp³-hybridized carbons (Fsp3) is 0.483. The number of likely N-dealkylation sites (tertiary alicyclic amines) is 1. The maximum atomic E-state index is 16.7. The Bertz CT molecular complexity index is 2530. The van der Waals surface area contributed by atoms with Crippen LogP contribution in [0.4, 0.5) is 9.59 Å². The molecule has 1 unspecified atom stereocenters. The van der Waals surface area contributed by atoms with E-state index in [2.05, 4.69) is 28.6 Å². The van der Waals surface area contributed by atoms with E-state index >= 15 is 14.4 Å². The number of piperidine rings is 1. The van der Waals surface area contributed by atoms with Gasteiger partial charge < -0.3 is 51.6 Å². The first-order valence-electron chi connectivity index (χ1n) is 27.1. The minimum Gasteiger partial charge on any atom is -0.494 e. The summed E-state index contributed by atoms with van der Waals surface area (Å²) in [6.07, 6.45) is 2.91. The number of unbranched alkanes of at least 4 members (excludes halogenated alkanes) is 2. The Morgan fingerprint density at radius 2 is 1.24 bits per heavy atom. The molecule has 0 saturated carbocycles. The third kappa shape index (κ3) is 17.0. The molecule has 428 valence electrons. The van der Waals surface area contributed by atoms with Crippen LogP contribution >= 0.6 is 12.6 Å². The number of carboxylic acids is 1. The summed E-state index contributed by atoms with van der Waals surface area (Å²) < 4.78 is 17.8. The molecule has 0 bridgehead atoms. The van der Waals surface area contributed by atoms with Crippen molar-refractivity contribution in [1.29, 1.82) is 0 Å². The van der Waals surface area contributed by atoms with Gasteiger partial charge >= 0.3 is 18.2 Å². The SMILES string of the molecule is CC(C)(C)OC(=O)N1CCC(CCCCOc2ccc(C[C@H](NC(=O)[C@@](CCCCN)(N(C(=O)OC(C)(C)C)C(=O)C(CS)NC(=O)CNC(=O)CN)C(c3ccccc3)(c3ccccc3)c3ccccc3)C(=O)O)cc2)CC1. The number of imide groups is 1. The van der Waals surface area contributed by atoms with Crippen molar-refractivity contribution in [3.05, 3.63) is 138 Å². The number of hydrogen-bond acceptors (Lipinski definition) is 13. The largest absolute Gasteiger partial charge is 0.494 e. The number of ether oxygens (including phenoxy) is 3. The molecule has 1 aliphatic heterocycles. The number of hydrogen-bond donors (Lipinski definition) is 7. The van der Waals surface area contributed by atoms with Gasteiger partial charge in [-0.1, -0.05) is 110 Å². The van der Waals surface area contributed by atoms with Crippen LogP contribution < -0.4 is 32.2 Å². The molecule has 1 heterocycles. The summed E-state index contributed by atoms with van der Waals surface area (Å²) in [4.78, 5) is 103. The number of nitrogens with zero attached hydrogens (tertiary/aromatic N) is 2. The summed E-state index contributed by atoms with van der Waals surface area (Å²) in [5.74, 6) is -4.34. The Morgan fingerprint density at radius 1 is 0.696 bits per heavy atom. The number of nitrogens with two attached hydrogens (primary N) is 2. The molecular formula is C60H81N7O11S. The van der Waals surface area contributed by atoms with Crippen LogP contribution in [-0.4, -0.2) is 131 Å². The van der Waals surface area contributed by atoms with Crippen molar-refractivity contribution in [2.75, 3.05) is 45.1 Å². The van der Waals surface area contributed by atoms with E-state index < -0.39 is 88.8 Å². The lowest BCUT2D eigenvalue weighted by molar-refractivity contribution is -0.154. The molecule has 0 aromatic heterocycles. The van der Waals surface area contributed by atoms with Gasteiger partial charge in [-0.3, -0.25) is 19.2 Å². The summed E-state index contributed by atoms with van der Waals surface area (Å²) in [6.45, 7) is 11.3. The van der Waals surface area contributed by atoms with Crippen molar-refractivity contribution in [3.63, 3.8) is 0 Å². The van der Waals surface area contributed by atoms with E-state index in [1.54, 1.807) is 141 Å². The van der Waals surface area contributed by atoms with E-state index in [-0.39, 0.29) is 31.9 Å². The first-order valence-corrected chi connectivity index (χ1v) is 27.8. The van der Waals surface area contributed by atoms with Crippen molar-refractivity contribution in [1.82, 2.24) is 25.8 Å². The van der Waals surface area contributed by atoms with Crippen molar-refractivity contribution in [3.8, 4) is 5.75 Å². The van der Waals surface area contributed by atoms with Crippen molar-refractivity contribution in [2.45, 2.75) is 134 Å². The minimum atomic E-state index is -2.51. The van der Waals surface area contributed by atoms with Crippen molar-refractivity contribution >= 4 is 54.4 Å². The highest BCUT2D eigenvalue weighted by atomic mass is 32.1. The zero-order valence-corrected chi connectivity index (χ0v) is 47.4. The van der Waals surface area contributed by atoms with Gasteiger partial charge in [0.05, 0.1) is 25.1 Å². The molecule has 79 heavy (non-hydrogen) atoms. The Balaban J connectivity index is 1.58. The quantitative estimate of drug-likeness (QED) is 0.0187. The summed E-state index contributed by atoms with van der Waals surface area (Å²) in [6, 6.07) is 30.2. The number of thiol groups is 1. The van der Waals surface area contributed by atoms with E-state index in [1.165, 1.54) is 0 Å². The Morgan fingerprint density at radius 3 is 1.72 bits per heavy atom. The minimum absolute atomic E-state index is 0.113. The zero-order chi connectivity index (χ0) is 57.8. The molecule has 1 saturated heterocycles. The lowest BCUT2D eigenvalue weighted by Gasteiger charge is -2.55. The van der Waals surface area contributed by atoms with Crippen LogP contribution in [0.3, 0.4) is 0 Å². The maximum absolute atomic E-state index is 16.7. The normalized spacial score (nSPS) is 14.6. The molecule has 5 rings (SSSR count). The highest BCUT2D eigenvalue weighted by molar-refractivity contribution is 7.80. The second-order valence-corrected chi connectivity index (χ2v) is 22.2. The predicted molar refractivity (Wildman–Crippen MR) is 305 cm³/mol. The van der Waals surface area contributed by atoms with Gasteiger partial charge in [0.15, 0.2) is 5.54 Å². The second-order valence-electron chi connectivity index (χ2n) is 21.9. The lowest BCUT2D eigenvalue weighted by Crippen LogP contribution is -2.75. The number of benzene rings is 4. The topological polar surface area (TPSA) is 262 Å². The first kappa shape index (κ1) is 62.9. The van der Waals surface area contributed by atoms with E-state index in [1.807, 2.05) is 20.8 Å². The summed E-state index contributed by atoms with van der Waals surface area (Å²) >= 11 is 4.49. The molecule has 1 aliphatic rings. The molecule has 4 aromatic rings. The smallest absolute Gasteiger partial charge is 0.418 e. The number of amides is 6. The number of carboxylic acid groups (broad SMARTS) is 1. The fourth-order valence-electron chi connectivity index (χ4n) is 10.1. The van der Waals surface area contributed by atoms with Gasteiger partial charge in [-0.2, -0.15) is 12.6 Å². The van der Waals surface area contributed by atoms with Crippen LogP contribution in [0.5, 0.6) is 5.75 Å². The monoisotopic (exact) mass is 1110 g/mol. The van der Waals surface area contributed by atoms with E-state index in [4.69, 9.17) is 25.7 Å². The number of rotatable bonds is 26. The summed E-state index contributed by atoms with van der Waals surface area (Å²) in [5.41, 5.74) is 7.30. The highest BCUT2D eigenvalue weighted by Gasteiger charge is 2.66. The molecule has 4 aromatic carbocycles. The molecule has 0 radical (unpaired) electrons. The molecule has 18 nitrogen and oxygen atoms in total. The van der Waals surface area contributed by atoms with Crippen molar-refractivity contribution < 1.29 is 52.9 Å². The molecule has 1 fully saturated rings. The van der Waals surface area contributed by atoms with Crippen molar-refractivity contribution in [2.24, 2.45) is 17.4 Å². The van der Waals surface area contributed by atoms with Gasteiger partial charge in [-0.05, 0) is 133 Å². The van der Waals surface area contributed by atoms with E-state index in [9.17, 15) is 24.3 Å². The summed E-state index contributed by atoms with van der Waals surface area (Å²) in [5, 5.41) is 18.9. The molecule has 6 amide bonds. The summed E-state index contributed by atoms with van der Waals surface area (Å²) in [7, 11) is 0. The van der Waals surface area contributed by atoms with E-state index in [0.29, 0.717) is 60.0 Å². The van der Waals surface area contributed by atoms with Gasteiger partial charge in [-0.25, -0.2) is 19.3 Å². The molecule has 19 heteroatoms. The van der Waals surface area contributed by atoms with Gasteiger partial charge in [0.1, 0.15) is 29.0 Å². The molecule has 0 spiro atoms. The van der Waals surface area contributed by atoms with Crippen LogP contribution in [0.2, 0.25) is 0 Å². The Labute approximate surface area is 470 Å². The van der Waals surface area contributed by atoms with E-state index in [0.717, 1.165) is 37.0 Å². The van der Waals surface area contributed by atoms with Crippen LogP contribution in [0.1, 0.15) is 115 Å².